The van der Waals surface area contributed by atoms with Crippen LogP contribution < -0.4 is 30.4 Å². The minimum atomic E-state index is -2.54. The first-order valence-electron chi connectivity index (χ1n) is 27.9. The zero-order valence-corrected chi connectivity index (χ0v) is 52.0. The Labute approximate surface area is 472 Å². The van der Waals surface area contributed by atoms with Gasteiger partial charge in [-0.1, -0.05) is 137 Å². The topological polar surface area (TPSA) is 186 Å². The Kier molecular flexibility index (Phi) is 19.7. The van der Waals surface area contributed by atoms with Crippen molar-refractivity contribution in [3.05, 3.63) is 113 Å². The van der Waals surface area contributed by atoms with Gasteiger partial charge in [0.2, 0.25) is 0 Å². The molecular weight excluding hydrogens is 1030 g/mol. The van der Waals surface area contributed by atoms with Crippen LogP contribution in [0.4, 0.5) is 21.0 Å². The molecule has 0 saturated heterocycles. The Hall–Kier alpha value is -6.15. The van der Waals surface area contributed by atoms with Gasteiger partial charge in [0.05, 0.1) is 37.1 Å². The second-order valence-electron chi connectivity index (χ2n) is 25.0. The van der Waals surface area contributed by atoms with Crippen molar-refractivity contribution in [1.29, 1.82) is 0 Å². The maximum absolute atomic E-state index is 15.3. The normalized spacial score (nSPS) is 16.0. The van der Waals surface area contributed by atoms with E-state index in [2.05, 4.69) is 121 Å². The van der Waals surface area contributed by atoms with Gasteiger partial charge in [0.25, 0.3) is 20.1 Å². The fourth-order valence-corrected chi connectivity index (χ4v) is 17.0. The average Bonchev–Trinajstić information content (AvgIpc) is 4.00. The van der Waals surface area contributed by atoms with E-state index in [1.165, 1.54) is 0 Å². The highest BCUT2D eigenvalue weighted by Gasteiger charge is 2.48. The van der Waals surface area contributed by atoms with Crippen LogP contribution in [0.2, 0.25) is 34.8 Å². The fraction of sp³-hybridized carbons (Fsp3) is 0.516. The number of methoxy groups -OCH3 is 1. The minimum absolute atomic E-state index is 0.0597. The number of fused-ring (bicyclic) bond motifs is 3. The van der Waals surface area contributed by atoms with Gasteiger partial charge in [-0.3, -0.25) is 14.9 Å². The van der Waals surface area contributed by atoms with Crippen molar-refractivity contribution in [2.45, 2.75) is 181 Å². The first-order valence-corrected chi connectivity index (χ1v) is 33.0. The van der Waals surface area contributed by atoms with Crippen molar-refractivity contribution < 1.29 is 47.3 Å². The lowest BCUT2D eigenvalue weighted by Gasteiger charge is -2.42. The lowest BCUT2D eigenvalue weighted by Crippen LogP contribution is -2.51. The molecule has 1 heterocycles. The summed E-state index contributed by atoms with van der Waals surface area (Å²) in [6, 6.07) is 25.9. The summed E-state index contributed by atoms with van der Waals surface area (Å²) in [5.74, 6) is -0.510. The van der Waals surface area contributed by atoms with E-state index in [0.717, 1.165) is 33.4 Å². The second kappa shape index (κ2) is 25.1. The highest BCUT2D eigenvalue weighted by molar-refractivity contribution is 6.78. The molecule has 6 rings (SSSR count). The molecule has 0 unspecified atom stereocenters. The van der Waals surface area contributed by atoms with E-state index in [-0.39, 0.29) is 57.3 Å². The molecule has 430 valence electrons. The predicted molar refractivity (Wildman–Crippen MR) is 321 cm³/mol. The molecule has 4 atom stereocenters. The molecule has 15 nitrogen and oxygen atoms in total. The monoisotopic (exact) mass is 1120 g/mol. The number of carbonyl (C=O) groups excluding carboxylic acids is 4. The second-order valence-corrected chi connectivity index (χ2v) is 35.2. The molecule has 1 aliphatic heterocycles. The standard InChI is InChI=1S/C62H89N5O10Si2/c1-37(2)55(75-59(71)63-34-51-48-25-21-19-23-46(48)47-24-20-22-26-49(47)51)57(69)64-41(9)56(68)65-44-29-27-42(28-30-44)43-31-45(36-74-78(17,18)62(13,14)15)67(35-43)58(70)50-32-53(73-16)54(33-52(50)66-60(72)76-61(10,11)12)77-79(38(3)4,39(5)6)40(7)8/h19-30,32-33,35,37-41,45,51,55-56,65,68H,31,34,36H2,1-18H3,(H,63,71)(H,64,69)(H,66,72)/t41-,45-,55-,56-/m0/s1. The summed E-state index contributed by atoms with van der Waals surface area (Å²) in [4.78, 5) is 57.5. The molecule has 0 fully saturated rings. The molecule has 5 N–H and O–H groups in total. The number of amides is 4. The molecule has 4 amide bonds. The van der Waals surface area contributed by atoms with Gasteiger partial charge in [-0.15, -0.1) is 0 Å². The third-order valence-corrected chi connectivity index (χ3v) is 26.4. The van der Waals surface area contributed by atoms with E-state index >= 15 is 4.79 Å². The molecule has 0 aromatic heterocycles. The van der Waals surface area contributed by atoms with E-state index < -0.39 is 64.7 Å². The van der Waals surface area contributed by atoms with Crippen molar-refractivity contribution in [3.63, 3.8) is 0 Å². The van der Waals surface area contributed by atoms with Gasteiger partial charge in [0.1, 0.15) is 17.6 Å². The van der Waals surface area contributed by atoms with E-state index in [1.807, 2.05) is 54.7 Å². The van der Waals surface area contributed by atoms with Crippen LogP contribution in [0.5, 0.6) is 11.5 Å². The van der Waals surface area contributed by atoms with Crippen LogP contribution in [0.15, 0.2) is 91.1 Å². The number of aliphatic hydroxyl groups excluding tert-OH is 1. The molecule has 1 aliphatic carbocycles. The van der Waals surface area contributed by atoms with E-state index in [4.69, 9.17) is 23.1 Å². The molecule has 0 radical (unpaired) electrons. The van der Waals surface area contributed by atoms with Crippen molar-refractivity contribution in [1.82, 2.24) is 15.5 Å². The molecule has 0 bridgehead atoms. The molecule has 17 heteroatoms. The summed E-state index contributed by atoms with van der Waals surface area (Å²) in [6.07, 6.45) is -1.44. The van der Waals surface area contributed by atoms with Crippen LogP contribution in [0.3, 0.4) is 0 Å². The van der Waals surface area contributed by atoms with Gasteiger partial charge < -0.3 is 49.0 Å². The summed E-state index contributed by atoms with van der Waals surface area (Å²) in [5.41, 5.74) is 7.14. The van der Waals surface area contributed by atoms with Crippen LogP contribution in [-0.2, 0) is 18.7 Å². The number of rotatable bonds is 21. The van der Waals surface area contributed by atoms with Gasteiger partial charge in [-0.25, -0.2) is 9.59 Å². The zero-order valence-electron chi connectivity index (χ0n) is 50.0. The first kappa shape index (κ1) is 62.1. The summed E-state index contributed by atoms with van der Waals surface area (Å²) in [5, 5.41) is 23.0. The number of benzene rings is 4. The molecule has 0 spiro atoms. The number of hydrogen-bond acceptors (Lipinski definition) is 11. The number of anilines is 2. The van der Waals surface area contributed by atoms with E-state index in [9.17, 15) is 19.5 Å². The van der Waals surface area contributed by atoms with Crippen molar-refractivity contribution in [3.8, 4) is 22.6 Å². The minimum Gasteiger partial charge on any atom is -0.540 e. The Balaban J connectivity index is 1.20. The number of nitrogens with zero attached hydrogens (tertiary/aromatic N) is 1. The smallest absolute Gasteiger partial charge is 0.412 e. The van der Waals surface area contributed by atoms with E-state index in [0.29, 0.717) is 30.2 Å². The number of alkyl carbamates (subject to hydrolysis) is 1. The quantitative estimate of drug-likeness (QED) is 0.0395. The summed E-state index contributed by atoms with van der Waals surface area (Å²) in [7, 11) is -3.28. The highest BCUT2D eigenvalue weighted by Crippen LogP contribution is 2.48. The first-order chi connectivity index (χ1) is 36.9. The predicted octanol–water partition coefficient (Wildman–Crippen LogP) is 13.7. The number of carbonyl (C=O) groups is 4. The fourth-order valence-electron chi connectivity index (χ4n) is 10.7. The average molecular weight is 1120 g/mol. The van der Waals surface area contributed by atoms with Crippen LogP contribution in [0.1, 0.15) is 143 Å². The lowest BCUT2D eigenvalue weighted by atomic mass is 9.97. The Morgan fingerprint density at radius 1 is 0.759 bits per heavy atom. The molecule has 4 aromatic rings. The molecule has 79 heavy (non-hydrogen) atoms. The summed E-state index contributed by atoms with van der Waals surface area (Å²) in [6.45, 7) is 35.2. The lowest BCUT2D eigenvalue weighted by molar-refractivity contribution is -0.133. The Bertz CT molecular complexity index is 2770. The number of nitrogens with one attached hydrogen (secondary N) is 4. The zero-order chi connectivity index (χ0) is 58.5. The largest absolute Gasteiger partial charge is 0.540 e. The van der Waals surface area contributed by atoms with Crippen LogP contribution in [0.25, 0.3) is 16.7 Å². The van der Waals surface area contributed by atoms with Crippen molar-refractivity contribution in [2.75, 3.05) is 30.9 Å². The SMILES string of the molecule is COc1cc(C(=O)N2C=C(c3ccc(N[C@@H](O)[C@H](C)NC(=O)[C@@H](OC(=O)NCC4c5ccccc5-c5ccccc54)C(C)C)cc3)C[C@H]2CO[Si](C)(C)C(C)(C)C)c(NC(=O)OC(C)(C)C)cc1O[Si](C(C)C)(C(C)C)C(C)C. The van der Waals surface area contributed by atoms with Crippen molar-refractivity contribution >= 4 is 57.6 Å². The van der Waals surface area contributed by atoms with Crippen LogP contribution >= 0.6 is 0 Å². The molecule has 2 aliphatic rings. The van der Waals surface area contributed by atoms with Crippen molar-refractivity contribution in [2.24, 2.45) is 5.92 Å². The summed E-state index contributed by atoms with van der Waals surface area (Å²) >= 11 is 0. The Morgan fingerprint density at radius 3 is 1.85 bits per heavy atom. The van der Waals surface area contributed by atoms with Gasteiger partial charge in [0, 0.05) is 30.4 Å². The third-order valence-electron chi connectivity index (χ3n) is 15.9. The van der Waals surface area contributed by atoms with Crippen LogP contribution in [0, 0.1) is 5.92 Å². The molecule has 0 saturated carbocycles. The number of hydrogen-bond donors (Lipinski definition) is 5. The molecule has 4 aromatic carbocycles. The molecular formula is C62H89N5O10Si2. The van der Waals surface area contributed by atoms with Gasteiger partial charge in [-0.2, -0.15) is 0 Å². The third kappa shape index (κ3) is 14.4. The van der Waals surface area contributed by atoms with E-state index in [1.54, 1.807) is 65.7 Å². The van der Waals surface area contributed by atoms with Gasteiger partial charge in [0.15, 0.2) is 20.2 Å². The van der Waals surface area contributed by atoms with Crippen LogP contribution in [-0.4, -0.2) is 101 Å². The maximum Gasteiger partial charge on any atom is 0.412 e. The van der Waals surface area contributed by atoms with Gasteiger partial charge >= 0.3 is 12.2 Å². The summed E-state index contributed by atoms with van der Waals surface area (Å²) < 4.78 is 31.4. The van der Waals surface area contributed by atoms with Gasteiger partial charge in [-0.05, 0) is 126 Å². The Morgan fingerprint density at radius 2 is 1.33 bits per heavy atom. The number of aliphatic hydroxyl groups is 1. The highest BCUT2D eigenvalue weighted by atomic mass is 28.4. The number of ether oxygens (including phenoxy) is 3. The maximum atomic E-state index is 15.3.